The molecule has 1 unspecified atom stereocenters. The van der Waals surface area contributed by atoms with Crippen molar-refractivity contribution in [1.29, 1.82) is 0 Å². The first-order chi connectivity index (χ1) is 12.2. The lowest BCUT2D eigenvalue weighted by molar-refractivity contribution is -0.122. The van der Waals surface area contributed by atoms with Gasteiger partial charge in [0.1, 0.15) is 0 Å². The number of nitrogens with one attached hydrogen (secondary N) is 2. The quantitative estimate of drug-likeness (QED) is 0.172. The summed E-state index contributed by atoms with van der Waals surface area (Å²) in [7, 11) is 0.625. The van der Waals surface area contributed by atoms with Crippen LogP contribution in [0.1, 0.15) is 13.3 Å². The van der Waals surface area contributed by atoms with Gasteiger partial charge in [-0.2, -0.15) is 0 Å². The van der Waals surface area contributed by atoms with E-state index in [9.17, 15) is 4.79 Å². The maximum atomic E-state index is 11.8. The minimum atomic E-state index is -0.288. The van der Waals surface area contributed by atoms with E-state index in [1.165, 1.54) is 37.8 Å². The van der Waals surface area contributed by atoms with E-state index in [1.807, 2.05) is 6.92 Å². The first kappa shape index (κ1) is 15.9. The zero-order valence-corrected chi connectivity index (χ0v) is 14.2. The van der Waals surface area contributed by atoms with E-state index in [4.69, 9.17) is 5.84 Å². The van der Waals surface area contributed by atoms with Crippen molar-refractivity contribution in [3.63, 3.8) is 0 Å². The Labute approximate surface area is 146 Å². The molecule has 0 aromatic heterocycles. The van der Waals surface area contributed by atoms with Crippen LogP contribution in [0.25, 0.3) is 32.3 Å². The third kappa shape index (κ3) is 2.62. The van der Waals surface area contributed by atoms with Crippen molar-refractivity contribution in [2.75, 3.05) is 0 Å². The summed E-state index contributed by atoms with van der Waals surface area (Å²) in [6, 6.07) is 19.2. The Morgan fingerprint density at radius 1 is 1.00 bits per heavy atom. The Kier molecular flexibility index (Phi) is 4.03. The molecule has 5 heteroatoms. The van der Waals surface area contributed by atoms with Crippen molar-refractivity contribution >= 4 is 51.1 Å². The smallest absolute Gasteiger partial charge is 0.249 e. The Hall–Kier alpha value is -2.63. The average molecular weight is 329 g/mol. The maximum absolute atomic E-state index is 11.8. The minimum absolute atomic E-state index is 0.180. The summed E-state index contributed by atoms with van der Waals surface area (Å²) >= 11 is 0. The molecular formula is C20H20BN3O. The summed E-state index contributed by atoms with van der Waals surface area (Å²) < 4.78 is 0. The largest absolute Gasteiger partial charge is 0.344 e. The van der Waals surface area contributed by atoms with Crippen LogP contribution in [-0.2, 0) is 4.79 Å². The summed E-state index contributed by atoms with van der Waals surface area (Å²) in [6.45, 7) is 1.97. The van der Waals surface area contributed by atoms with Crippen molar-refractivity contribution in [3.8, 4) is 0 Å². The molecular weight excluding hydrogens is 309 g/mol. The SMILES string of the molecule is CCC(NBc1ccc2ccc3cccc4ccc1c2c34)C(=O)NN. The molecule has 4 aromatic rings. The molecule has 1 amide bonds. The van der Waals surface area contributed by atoms with Crippen molar-refractivity contribution in [3.05, 3.63) is 54.6 Å². The molecule has 0 heterocycles. The van der Waals surface area contributed by atoms with Crippen molar-refractivity contribution in [1.82, 2.24) is 10.7 Å². The number of hydrogen-bond acceptors (Lipinski definition) is 3. The standard InChI is InChI=1S/C20H20BN3O/c1-2-17(20(25)24-22)23-21-16-11-9-14-7-6-12-4-3-5-13-8-10-15(16)19(14)18(12)13/h3-11,17,21,23H,2,22H2,1H3,(H,24,25). The van der Waals surface area contributed by atoms with Crippen LogP contribution in [0.15, 0.2) is 54.6 Å². The van der Waals surface area contributed by atoms with Crippen LogP contribution in [0.2, 0.25) is 0 Å². The van der Waals surface area contributed by atoms with Gasteiger partial charge < -0.3 is 5.23 Å². The molecule has 0 saturated carbocycles. The highest BCUT2D eigenvalue weighted by Gasteiger charge is 2.16. The lowest BCUT2D eigenvalue weighted by Crippen LogP contribution is -2.49. The molecule has 4 aromatic carbocycles. The minimum Gasteiger partial charge on any atom is -0.344 e. The molecule has 4 rings (SSSR count). The van der Waals surface area contributed by atoms with E-state index in [-0.39, 0.29) is 11.9 Å². The Morgan fingerprint density at radius 3 is 2.32 bits per heavy atom. The second kappa shape index (κ2) is 6.35. The van der Waals surface area contributed by atoms with Gasteiger partial charge in [-0.05, 0) is 38.7 Å². The van der Waals surface area contributed by atoms with E-state index in [2.05, 4.69) is 65.3 Å². The van der Waals surface area contributed by atoms with Gasteiger partial charge in [-0.1, -0.05) is 67.0 Å². The predicted molar refractivity (Wildman–Crippen MR) is 106 cm³/mol. The summed E-state index contributed by atoms with van der Waals surface area (Å²) in [5.41, 5.74) is 3.42. The predicted octanol–water partition coefficient (Wildman–Crippen LogP) is 1.92. The number of benzene rings is 4. The van der Waals surface area contributed by atoms with Gasteiger partial charge in [0.25, 0.3) is 0 Å². The van der Waals surface area contributed by atoms with Gasteiger partial charge in [0.2, 0.25) is 13.3 Å². The first-order valence-corrected chi connectivity index (χ1v) is 8.62. The number of carbonyl (C=O) groups is 1. The maximum Gasteiger partial charge on any atom is 0.249 e. The lowest BCUT2D eigenvalue weighted by Gasteiger charge is -2.17. The number of carbonyl (C=O) groups excluding carboxylic acids is 1. The Bertz CT molecular complexity index is 1050. The third-order valence-corrected chi connectivity index (χ3v) is 5.02. The molecule has 0 aliphatic heterocycles. The van der Waals surface area contributed by atoms with Gasteiger partial charge in [0, 0.05) is 0 Å². The van der Waals surface area contributed by atoms with Crippen molar-refractivity contribution in [2.24, 2.45) is 5.84 Å². The summed E-state index contributed by atoms with van der Waals surface area (Å²) in [4.78, 5) is 11.8. The molecule has 0 aliphatic rings. The normalized spacial score (nSPS) is 12.7. The lowest BCUT2D eigenvalue weighted by atomic mass is 9.76. The monoisotopic (exact) mass is 329 g/mol. The number of nitrogens with two attached hydrogens (primary N) is 1. The van der Waals surface area contributed by atoms with E-state index in [0.717, 1.165) is 0 Å². The van der Waals surface area contributed by atoms with Gasteiger partial charge >= 0.3 is 0 Å². The fourth-order valence-electron chi connectivity index (χ4n) is 3.71. The van der Waals surface area contributed by atoms with Gasteiger partial charge in [0.05, 0.1) is 6.04 Å². The molecule has 0 aliphatic carbocycles. The molecule has 4 nitrogen and oxygen atoms in total. The Morgan fingerprint density at radius 2 is 1.64 bits per heavy atom. The molecule has 0 spiro atoms. The molecule has 0 bridgehead atoms. The Balaban J connectivity index is 1.81. The van der Waals surface area contributed by atoms with E-state index in [0.29, 0.717) is 13.8 Å². The van der Waals surface area contributed by atoms with E-state index >= 15 is 0 Å². The topological polar surface area (TPSA) is 67.2 Å². The summed E-state index contributed by atoms with van der Waals surface area (Å²) in [6.07, 6.45) is 0.689. The van der Waals surface area contributed by atoms with Crippen LogP contribution in [0.5, 0.6) is 0 Å². The molecule has 4 N–H and O–H groups in total. The highest BCUT2D eigenvalue weighted by atomic mass is 16.2. The van der Waals surface area contributed by atoms with Gasteiger partial charge in [0.15, 0.2) is 0 Å². The molecule has 0 saturated heterocycles. The highest BCUT2D eigenvalue weighted by Crippen LogP contribution is 2.33. The van der Waals surface area contributed by atoms with Gasteiger partial charge in [-0.3, -0.25) is 10.2 Å². The third-order valence-electron chi connectivity index (χ3n) is 5.02. The van der Waals surface area contributed by atoms with Crippen LogP contribution in [0.3, 0.4) is 0 Å². The van der Waals surface area contributed by atoms with Crippen LogP contribution in [-0.4, -0.2) is 19.4 Å². The molecule has 1 atom stereocenters. The number of rotatable bonds is 5. The first-order valence-electron chi connectivity index (χ1n) is 8.62. The highest BCUT2D eigenvalue weighted by molar-refractivity contribution is 6.56. The second-order valence-corrected chi connectivity index (χ2v) is 6.43. The zero-order valence-electron chi connectivity index (χ0n) is 14.2. The van der Waals surface area contributed by atoms with E-state index < -0.39 is 0 Å². The van der Waals surface area contributed by atoms with Crippen molar-refractivity contribution in [2.45, 2.75) is 19.4 Å². The molecule has 0 radical (unpaired) electrons. The molecule has 25 heavy (non-hydrogen) atoms. The molecule has 124 valence electrons. The van der Waals surface area contributed by atoms with Gasteiger partial charge in [-0.15, -0.1) is 0 Å². The summed E-state index contributed by atoms with van der Waals surface area (Å²) in [5.74, 6) is 5.09. The fourth-order valence-corrected chi connectivity index (χ4v) is 3.71. The van der Waals surface area contributed by atoms with Crippen LogP contribution in [0.4, 0.5) is 0 Å². The summed E-state index contributed by atoms with van der Waals surface area (Å²) in [5, 5.41) is 10.9. The van der Waals surface area contributed by atoms with E-state index in [1.54, 1.807) is 0 Å². The fraction of sp³-hybridized carbons (Fsp3) is 0.150. The van der Waals surface area contributed by atoms with Crippen molar-refractivity contribution < 1.29 is 4.79 Å². The van der Waals surface area contributed by atoms with Crippen LogP contribution < -0.4 is 22.0 Å². The van der Waals surface area contributed by atoms with Gasteiger partial charge in [-0.25, -0.2) is 5.84 Å². The van der Waals surface area contributed by atoms with Crippen LogP contribution in [0, 0.1) is 0 Å². The molecule has 0 fully saturated rings. The number of hydrazine groups is 1. The average Bonchev–Trinajstić information content (AvgIpc) is 2.67. The van der Waals surface area contributed by atoms with Crippen LogP contribution >= 0.6 is 0 Å². The zero-order chi connectivity index (χ0) is 17.4. The second-order valence-electron chi connectivity index (χ2n) is 6.43. The number of amides is 1. The number of hydrogen-bond donors (Lipinski definition) is 3.